The van der Waals surface area contributed by atoms with Crippen molar-refractivity contribution in [3.63, 3.8) is 0 Å². The highest BCUT2D eigenvalue weighted by atomic mass is 35.5. The highest BCUT2D eigenvalue weighted by molar-refractivity contribution is 6.42. The topological polar surface area (TPSA) is 12.0 Å². The molecule has 0 atom stereocenters. The monoisotopic (exact) mass is 307 g/mol. The average Bonchev–Trinajstić information content (AvgIpc) is 2.36. The lowest BCUT2D eigenvalue weighted by Crippen LogP contribution is -2.43. The second-order valence-corrected chi connectivity index (χ2v) is 6.11. The van der Waals surface area contributed by atoms with Crippen molar-refractivity contribution < 1.29 is 8.78 Å². The van der Waals surface area contributed by atoms with Gasteiger partial charge in [-0.15, -0.1) is 0 Å². The van der Waals surface area contributed by atoms with Crippen LogP contribution in [0.5, 0.6) is 0 Å². The van der Waals surface area contributed by atoms with Gasteiger partial charge in [-0.1, -0.05) is 29.3 Å². The van der Waals surface area contributed by atoms with Gasteiger partial charge in [0.1, 0.15) is 0 Å². The van der Waals surface area contributed by atoms with Crippen LogP contribution >= 0.6 is 23.2 Å². The van der Waals surface area contributed by atoms with Gasteiger partial charge in [0, 0.05) is 24.8 Å². The molecule has 1 aliphatic rings. The molecular weight excluding hydrogens is 291 g/mol. The van der Waals surface area contributed by atoms with Crippen LogP contribution in [-0.2, 0) is 5.41 Å². The van der Waals surface area contributed by atoms with Gasteiger partial charge < -0.3 is 5.32 Å². The van der Waals surface area contributed by atoms with Gasteiger partial charge in [-0.3, -0.25) is 0 Å². The predicted molar refractivity (Wildman–Crippen MR) is 75.5 cm³/mol. The molecule has 2 rings (SSSR count). The summed E-state index contributed by atoms with van der Waals surface area (Å²) in [4.78, 5) is 0. The van der Waals surface area contributed by atoms with E-state index in [1.807, 2.05) is 19.2 Å². The maximum atomic E-state index is 13.4. The van der Waals surface area contributed by atoms with Crippen molar-refractivity contribution in [2.45, 2.75) is 37.0 Å². The fraction of sp³-hybridized carbons (Fsp3) is 0.571. The number of hydrogen-bond donors (Lipinski definition) is 1. The van der Waals surface area contributed by atoms with Gasteiger partial charge in [-0.25, -0.2) is 8.78 Å². The molecule has 0 aromatic heterocycles. The van der Waals surface area contributed by atoms with Crippen LogP contribution in [0.4, 0.5) is 8.78 Å². The van der Waals surface area contributed by atoms with Gasteiger partial charge in [-0.05, 0) is 37.6 Å². The van der Waals surface area contributed by atoms with E-state index in [0.29, 0.717) is 29.4 Å². The normalized spacial score (nSPS) is 21.3. The molecule has 0 unspecified atom stereocenters. The van der Waals surface area contributed by atoms with Crippen molar-refractivity contribution in [2.75, 3.05) is 13.6 Å². The molecule has 1 fully saturated rings. The van der Waals surface area contributed by atoms with E-state index >= 15 is 0 Å². The predicted octanol–water partition coefficient (Wildman–Crippen LogP) is 4.66. The van der Waals surface area contributed by atoms with Crippen LogP contribution in [0.2, 0.25) is 10.0 Å². The summed E-state index contributed by atoms with van der Waals surface area (Å²) >= 11 is 12.0. The first-order valence-electron chi connectivity index (χ1n) is 6.37. The Bertz CT molecular complexity index is 453. The second kappa shape index (κ2) is 5.55. The van der Waals surface area contributed by atoms with Gasteiger partial charge in [-0.2, -0.15) is 0 Å². The van der Waals surface area contributed by atoms with Crippen molar-refractivity contribution in [2.24, 2.45) is 0 Å². The fourth-order valence-electron chi connectivity index (χ4n) is 2.83. The Morgan fingerprint density at radius 3 is 2.26 bits per heavy atom. The standard InChI is InChI=1S/C14H17Cl2F2N/c1-19-9-13(4-6-14(17,18)7-5-13)10-2-3-11(15)12(16)8-10/h2-3,8,19H,4-7,9H2,1H3. The van der Waals surface area contributed by atoms with Crippen molar-refractivity contribution >= 4 is 23.2 Å². The Morgan fingerprint density at radius 1 is 1.11 bits per heavy atom. The van der Waals surface area contributed by atoms with Crippen molar-refractivity contribution in [1.29, 1.82) is 0 Å². The van der Waals surface area contributed by atoms with Gasteiger partial charge in [0.05, 0.1) is 10.0 Å². The van der Waals surface area contributed by atoms with E-state index in [-0.39, 0.29) is 18.3 Å². The van der Waals surface area contributed by atoms with Crippen LogP contribution in [0.15, 0.2) is 18.2 Å². The SMILES string of the molecule is CNCC1(c2ccc(Cl)c(Cl)c2)CCC(F)(F)CC1. The van der Waals surface area contributed by atoms with Crippen LogP contribution in [0.1, 0.15) is 31.2 Å². The minimum Gasteiger partial charge on any atom is -0.319 e. The summed E-state index contributed by atoms with van der Waals surface area (Å²) in [6.45, 7) is 0.668. The van der Waals surface area contributed by atoms with Gasteiger partial charge in [0.25, 0.3) is 0 Å². The summed E-state index contributed by atoms with van der Waals surface area (Å²) in [5, 5.41) is 4.09. The van der Waals surface area contributed by atoms with E-state index in [0.717, 1.165) is 5.56 Å². The molecule has 0 heterocycles. The zero-order valence-corrected chi connectivity index (χ0v) is 12.3. The highest BCUT2D eigenvalue weighted by Gasteiger charge is 2.43. The van der Waals surface area contributed by atoms with E-state index < -0.39 is 5.92 Å². The first-order chi connectivity index (χ1) is 8.88. The Labute approximate surface area is 122 Å². The van der Waals surface area contributed by atoms with Crippen molar-refractivity contribution in [3.8, 4) is 0 Å². The summed E-state index contributed by atoms with van der Waals surface area (Å²) in [5.74, 6) is -2.53. The van der Waals surface area contributed by atoms with Crippen LogP contribution in [0.25, 0.3) is 0 Å². The zero-order valence-electron chi connectivity index (χ0n) is 10.8. The molecule has 0 radical (unpaired) electrons. The molecular formula is C14H17Cl2F2N. The molecule has 1 nitrogen and oxygen atoms in total. The summed E-state index contributed by atoms with van der Waals surface area (Å²) in [7, 11) is 1.84. The molecule has 1 aromatic carbocycles. The average molecular weight is 308 g/mol. The number of rotatable bonds is 3. The summed E-state index contributed by atoms with van der Waals surface area (Å²) < 4.78 is 26.8. The Hall–Kier alpha value is -0.380. The molecule has 0 aliphatic heterocycles. The zero-order chi connectivity index (χ0) is 14.1. The maximum Gasteiger partial charge on any atom is 0.248 e. The van der Waals surface area contributed by atoms with E-state index in [1.165, 1.54) is 0 Å². The van der Waals surface area contributed by atoms with E-state index in [9.17, 15) is 8.78 Å². The maximum absolute atomic E-state index is 13.4. The Balaban J connectivity index is 2.31. The third-order valence-corrected chi connectivity index (χ3v) is 4.72. The lowest BCUT2D eigenvalue weighted by atomic mass is 9.68. The third-order valence-electron chi connectivity index (χ3n) is 3.99. The molecule has 1 N–H and O–H groups in total. The molecule has 1 aromatic rings. The molecule has 5 heteroatoms. The number of hydrogen-bond acceptors (Lipinski definition) is 1. The largest absolute Gasteiger partial charge is 0.319 e. The third kappa shape index (κ3) is 3.21. The molecule has 0 spiro atoms. The Morgan fingerprint density at radius 2 is 1.74 bits per heavy atom. The molecule has 0 bridgehead atoms. The van der Waals surface area contributed by atoms with E-state index in [4.69, 9.17) is 23.2 Å². The van der Waals surface area contributed by atoms with Crippen LogP contribution < -0.4 is 5.32 Å². The Kier molecular flexibility index (Phi) is 4.38. The van der Waals surface area contributed by atoms with Gasteiger partial charge >= 0.3 is 0 Å². The minimum absolute atomic E-state index is 0.0745. The molecule has 0 saturated heterocycles. The van der Waals surface area contributed by atoms with Crippen LogP contribution in [-0.4, -0.2) is 19.5 Å². The molecule has 0 amide bonds. The summed E-state index contributed by atoms with van der Waals surface area (Å²) in [6, 6.07) is 5.45. The first kappa shape index (κ1) is 15.0. The number of alkyl halides is 2. The number of likely N-dealkylation sites (N-methyl/N-ethyl adjacent to an activating group) is 1. The smallest absolute Gasteiger partial charge is 0.248 e. The van der Waals surface area contributed by atoms with E-state index in [2.05, 4.69) is 5.32 Å². The van der Waals surface area contributed by atoms with Gasteiger partial charge in [0.2, 0.25) is 5.92 Å². The molecule has 19 heavy (non-hydrogen) atoms. The highest BCUT2D eigenvalue weighted by Crippen LogP contribution is 2.46. The lowest BCUT2D eigenvalue weighted by Gasteiger charge is -2.40. The van der Waals surface area contributed by atoms with Crippen molar-refractivity contribution in [1.82, 2.24) is 5.32 Å². The summed E-state index contributed by atoms with van der Waals surface area (Å²) in [5.41, 5.74) is 0.719. The van der Waals surface area contributed by atoms with Crippen LogP contribution in [0.3, 0.4) is 0 Å². The second-order valence-electron chi connectivity index (χ2n) is 5.30. The fourth-order valence-corrected chi connectivity index (χ4v) is 3.12. The number of halogens is 4. The lowest BCUT2D eigenvalue weighted by molar-refractivity contribution is -0.0517. The minimum atomic E-state index is -2.53. The molecule has 106 valence electrons. The van der Waals surface area contributed by atoms with Gasteiger partial charge in [0.15, 0.2) is 0 Å². The summed E-state index contributed by atoms with van der Waals surface area (Å²) in [6.07, 6.45) is 0.765. The van der Waals surface area contributed by atoms with Crippen LogP contribution in [0, 0.1) is 0 Å². The number of benzene rings is 1. The first-order valence-corrected chi connectivity index (χ1v) is 7.12. The molecule has 1 aliphatic carbocycles. The number of nitrogens with one attached hydrogen (secondary N) is 1. The van der Waals surface area contributed by atoms with E-state index in [1.54, 1.807) is 6.07 Å². The quantitative estimate of drug-likeness (QED) is 0.856. The molecule has 1 saturated carbocycles. The van der Waals surface area contributed by atoms with Crippen molar-refractivity contribution in [3.05, 3.63) is 33.8 Å².